The molecule has 1 heterocycles. The molecule has 0 fully saturated rings. The van der Waals surface area contributed by atoms with E-state index in [2.05, 4.69) is 5.32 Å². The van der Waals surface area contributed by atoms with Crippen molar-refractivity contribution in [2.24, 2.45) is 5.73 Å². The summed E-state index contributed by atoms with van der Waals surface area (Å²) in [5.74, 6) is -0.505. The predicted octanol–water partition coefficient (Wildman–Crippen LogP) is 0.956. The van der Waals surface area contributed by atoms with E-state index in [9.17, 15) is 9.59 Å². The number of nitrogens with one attached hydrogen (secondary N) is 1. The largest absolute Gasteiger partial charge is 0.398 e. The quantitative estimate of drug-likeness (QED) is 0.419. The van der Waals surface area contributed by atoms with Crippen LogP contribution in [0.3, 0.4) is 0 Å². The monoisotopic (exact) mass is 312 g/mol. The first-order chi connectivity index (χ1) is 11.1. The van der Waals surface area contributed by atoms with E-state index < -0.39 is 0 Å². The highest BCUT2D eigenvalue weighted by atomic mass is 16.2. The van der Waals surface area contributed by atoms with E-state index in [1.54, 1.807) is 24.3 Å². The maximum atomic E-state index is 12.7. The standard InChI is InChI=1S/C17H20N4O2/c18-7-9-20-8-2-10-21-16(22)12-4-1-3-11-14(19)6-5-13(15(11)12)17(21)23/h1,3-6,20H,2,7-10,18-19H2. The van der Waals surface area contributed by atoms with Crippen LogP contribution in [0.5, 0.6) is 0 Å². The minimum Gasteiger partial charge on any atom is -0.398 e. The van der Waals surface area contributed by atoms with Gasteiger partial charge >= 0.3 is 0 Å². The van der Waals surface area contributed by atoms with E-state index in [-0.39, 0.29) is 11.8 Å². The molecule has 0 unspecified atom stereocenters. The van der Waals surface area contributed by atoms with Crippen molar-refractivity contribution >= 4 is 28.3 Å². The Morgan fingerprint density at radius 3 is 2.48 bits per heavy atom. The first kappa shape index (κ1) is 15.5. The van der Waals surface area contributed by atoms with E-state index in [0.717, 1.165) is 11.9 Å². The summed E-state index contributed by atoms with van der Waals surface area (Å²) in [5, 5.41) is 4.58. The number of imide groups is 1. The molecule has 120 valence electrons. The van der Waals surface area contributed by atoms with Crippen molar-refractivity contribution in [1.29, 1.82) is 0 Å². The summed E-state index contributed by atoms with van der Waals surface area (Å²) in [6.07, 6.45) is 0.692. The van der Waals surface area contributed by atoms with Gasteiger partial charge in [-0.05, 0) is 31.2 Å². The second kappa shape index (κ2) is 6.36. The van der Waals surface area contributed by atoms with E-state index in [1.165, 1.54) is 4.90 Å². The van der Waals surface area contributed by atoms with Gasteiger partial charge in [0.05, 0.1) is 0 Å². The number of carbonyl (C=O) groups excluding carboxylic acids is 2. The van der Waals surface area contributed by atoms with Crippen LogP contribution < -0.4 is 16.8 Å². The van der Waals surface area contributed by atoms with Gasteiger partial charge in [-0.15, -0.1) is 0 Å². The van der Waals surface area contributed by atoms with Crippen molar-refractivity contribution in [1.82, 2.24) is 10.2 Å². The lowest BCUT2D eigenvalue weighted by Gasteiger charge is -2.27. The summed E-state index contributed by atoms with van der Waals surface area (Å²) in [7, 11) is 0. The molecule has 5 N–H and O–H groups in total. The van der Waals surface area contributed by atoms with Gasteiger partial charge in [0.2, 0.25) is 0 Å². The van der Waals surface area contributed by atoms with Crippen LogP contribution in [0.4, 0.5) is 5.69 Å². The number of nitrogens with two attached hydrogens (primary N) is 2. The summed E-state index contributed by atoms with van der Waals surface area (Å²) in [6, 6.07) is 8.81. The summed E-state index contributed by atoms with van der Waals surface area (Å²) >= 11 is 0. The SMILES string of the molecule is NCCNCCCN1C(=O)c2cccc3c(N)ccc(c23)C1=O. The third-order valence-electron chi connectivity index (χ3n) is 4.08. The molecule has 0 bridgehead atoms. The fourth-order valence-corrected chi connectivity index (χ4v) is 2.96. The van der Waals surface area contributed by atoms with Crippen molar-refractivity contribution in [3.05, 3.63) is 41.5 Å². The highest BCUT2D eigenvalue weighted by Crippen LogP contribution is 2.33. The molecule has 6 heteroatoms. The molecule has 1 aliphatic heterocycles. The fraction of sp³-hybridized carbons (Fsp3) is 0.294. The zero-order valence-corrected chi connectivity index (χ0v) is 12.8. The number of benzene rings is 2. The Morgan fingerprint density at radius 2 is 1.74 bits per heavy atom. The van der Waals surface area contributed by atoms with E-state index >= 15 is 0 Å². The van der Waals surface area contributed by atoms with Gasteiger partial charge in [-0.25, -0.2) is 0 Å². The second-order valence-corrected chi connectivity index (χ2v) is 5.58. The van der Waals surface area contributed by atoms with Crippen molar-refractivity contribution < 1.29 is 9.59 Å². The molecule has 0 spiro atoms. The Balaban J connectivity index is 1.89. The molecule has 3 rings (SSSR count). The number of rotatable bonds is 6. The Bertz CT molecular complexity index is 750. The molecule has 6 nitrogen and oxygen atoms in total. The summed E-state index contributed by atoms with van der Waals surface area (Å²) in [5.41, 5.74) is 13.0. The average Bonchev–Trinajstić information content (AvgIpc) is 2.56. The molecule has 0 saturated heterocycles. The van der Waals surface area contributed by atoms with E-state index in [4.69, 9.17) is 11.5 Å². The number of amides is 2. The molecule has 0 radical (unpaired) electrons. The van der Waals surface area contributed by atoms with Gasteiger partial charge in [-0.1, -0.05) is 12.1 Å². The lowest BCUT2D eigenvalue weighted by Crippen LogP contribution is -2.41. The zero-order valence-electron chi connectivity index (χ0n) is 12.8. The molecule has 23 heavy (non-hydrogen) atoms. The van der Waals surface area contributed by atoms with Crippen LogP contribution in [0.15, 0.2) is 30.3 Å². The number of hydrogen-bond acceptors (Lipinski definition) is 5. The van der Waals surface area contributed by atoms with Crippen molar-refractivity contribution in [3.8, 4) is 0 Å². The Hall–Kier alpha value is -2.44. The van der Waals surface area contributed by atoms with E-state index in [1.807, 2.05) is 6.07 Å². The fourth-order valence-electron chi connectivity index (χ4n) is 2.96. The molecular weight excluding hydrogens is 292 g/mol. The summed E-state index contributed by atoms with van der Waals surface area (Å²) in [6.45, 7) is 2.39. The third kappa shape index (κ3) is 2.67. The Labute approximate surface area is 134 Å². The van der Waals surface area contributed by atoms with Crippen LogP contribution in [-0.4, -0.2) is 42.9 Å². The lowest BCUT2D eigenvalue weighted by molar-refractivity contribution is 0.0609. The van der Waals surface area contributed by atoms with Crippen LogP contribution in [0.2, 0.25) is 0 Å². The number of carbonyl (C=O) groups is 2. The van der Waals surface area contributed by atoms with Gasteiger partial charge in [-0.3, -0.25) is 14.5 Å². The van der Waals surface area contributed by atoms with Gasteiger partial charge in [0.25, 0.3) is 11.8 Å². The molecule has 2 aromatic rings. The highest BCUT2D eigenvalue weighted by molar-refractivity contribution is 6.26. The topological polar surface area (TPSA) is 101 Å². The van der Waals surface area contributed by atoms with Crippen molar-refractivity contribution in [2.75, 3.05) is 31.9 Å². The smallest absolute Gasteiger partial charge is 0.261 e. The maximum absolute atomic E-state index is 12.7. The Kier molecular flexibility index (Phi) is 4.27. The lowest BCUT2D eigenvalue weighted by atomic mass is 9.93. The zero-order chi connectivity index (χ0) is 16.4. The van der Waals surface area contributed by atoms with Crippen molar-refractivity contribution in [3.63, 3.8) is 0 Å². The normalized spacial score (nSPS) is 13.9. The van der Waals surface area contributed by atoms with Crippen LogP contribution in [0.25, 0.3) is 10.8 Å². The second-order valence-electron chi connectivity index (χ2n) is 5.58. The first-order valence-corrected chi connectivity index (χ1v) is 7.73. The number of nitrogen functional groups attached to an aromatic ring is 1. The highest BCUT2D eigenvalue weighted by Gasteiger charge is 2.32. The minimum atomic E-state index is -0.252. The molecule has 1 aliphatic rings. The molecule has 0 atom stereocenters. The predicted molar refractivity (Wildman–Crippen MR) is 90.3 cm³/mol. The van der Waals surface area contributed by atoms with Crippen LogP contribution in [0.1, 0.15) is 27.1 Å². The molecule has 0 aliphatic carbocycles. The molecule has 0 aromatic heterocycles. The van der Waals surface area contributed by atoms with Gasteiger partial charge in [0, 0.05) is 47.2 Å². The molecular formula is C17H20N4O2. The number of nitrogens with zero attached hydrogens (tertiary/aromatic N) is 1. The first-order valence-electron chi connectivity index (χ1n) is 7.73. The van der Waals surface area contributed by atoms with Crippen LogP contribution in [0, 0.1) is 0 Å². The van der Waals surface area contributed by atoms with Crippen LogP contribution in [-0.2, 0) is 0 Å². The summed E-state index contributed by atoms with van der Waals surface area (Å²) < 4.78 is 0. The van der Waals surface area contributed by atoms with E-state index in [0.29, 0.717) is 48.3 Å². The molecule has 2 aromatic carbocycles. The van der Waals surface area contributed by atoms with Gasteiger partial charge < -0.3 is 16.8 Å². The minimum absolute atomic E-state index is 0.252. The maximum Gasteiger partial charge on any atom is 0.261 e. The molecule has 0 saturated carbocycles. The Morgan fingerprint density at radius 1 is 1.00 bits per heavy atom. The summed E-state index contributed by atoms with van der Waals surface area (Å²) in [4.78, 5) is 26.7. The molecule has 2 amide bonds. The van der Waals surface area contributed by atoms with Gasteiger partial charge in [0.1, 0.15) is 0 Å². The van der Waals surface area contributed by atoms with Crippen LogP contribution >= 0.6 is 0 Å². The third-order valence-corrected chi connectivity index (χ3v) is 4.08. The number of anilines is 1. The van der Waals surface area contributed by atoms with Crippen molar-refractivity contribution in [2.45, 2.75) is 6.42 Å². The van der Waals surface area contributed by atoms with Gasteiger partial charge in [0.15, 0.2) is 0 Å². The number of hydrogen-bond donors (Lipinski definition) is 3. The van der Waals surface area contributed by atoms with Gasteiger partial charge in [-0.2, -0.15) is 0 Å². The average molecular weight is 312 g/mol.